The predicted molar refractivity (Wildman–Crippen MR) is 69.7 cm³/mol. The standard InChI is InChI=1S/C14H19NO3/c1-5-14(4,13(17)18)15-12(16)11-7-9(2)6-10(3)8-11/h6-8H,5H2,1-4H3,(H,15,16)(H,17,18). The number of benzene rings is 1. The predicted octanol–water partition coefficient (Wildman–Crippen LogP) is 2.29. The molecule has 18 heavy (non-hydrogen) atoms. The topological polar surface area (TPSA) is 66.4 Å². The van der Waals surface area contributed by atoms with Gasteiger partial charge in [0.1, 0.15) is 5.54 Å². The molecule has 4 heteroatoms. The Morgan fingerprint density at radius 1 is 1.22 bits per heavy atom. The zero-order valence-corrected chi connectivity index (χ0v) is 11.2. The summed E-state index contributed by atoms with van der Waals surface area (Å²) in [7, 11) is 0. The minimum atomic E-state index is -1.23. The van der Waals surface area contributed by atoms with Gasteiger partial charge in [-0.2, -0.15) is 0 Å². The van der Waals surface area contributed by atoms with E-state index in [1.54, 1.807) is 19.1 Å². The molecule has 1 aromatic carbocycles. The summed E-state index contributed by atoms with van der Waals surface area (Å²) < 4.78 is 0. The molecule has 0 radical (unpaired) electrons. The van der Waals surface area contributed by atoms with E-state index >= 15 is 0 Å². The van der Waals surface area contributed by atoms with Crippen LogP contribution < -0.4 is 5.32 Å². The molecule has 0 aliphatic rings. The van der Waals surface area contributed by atoms with Gasteiger partial charge in [-0.25, -0.2) is 4.79 Å². The highest BCUT2D eigenvalue weighted by atomic mass is 16.4. The average molecular weight is 249 g/mol. The van der Waals surface area contributed by atoms with E-state index in [1.807, 2.05) is 19.9 Å². The fraction of sp³-hybridized carbons (Fsp3) is 0.429. The third-order valence-electron chi connectivity index (χ3n) is 3.05. The smallest absolute Gasteiger partial charge is 0.329 e. The van der Waals surface area contributed by atoms with E-state index in [9.17, 15) is 9.59 Å². The van der Waals surface area contributed by atoms with Gasteiger partial charge in [0.05, 0.1) is 0 Å². The number of aliphatic carboxylic acids is 1. The van der Waals surface area contributed by atoms with E-state index in [4.69, 9.17) is 5.11 Å². The van der Waals surface area contributed by atoms with Crippen LogP contribution in [0.15, 0.2) is 18.2 Å². The second-order valence-electron chi connectivity index (χ2n) is 4.82. The highest BCUT2D eigenvalue weighted by Gasteiger charge is 2.33. The Labute approximate surface area is 107 Å². The summed E-state index contributed by atoms with van der Waals surface area (Å²) in [5, 5.41) is 11.7. The van der Waals surface area contributed by atoms with Gasteiger partial charge in [0, 0.05) is 5.56 Å². The first-order valence-corrected chi connectivity index (χ1v) is 5.92. The van der Waals surface area contributed by atoms with E-state index in [0.717, 1.165) is 11.1 Å². The molecule has 0 heterocycles. The SMILES string of the molecule is CCC(C)(NC(=O)c1cc(C)cc(C)c1)C(=O)O. The zero-order chi connectivity index (χ0) is 13.9. The van der Waals surface area contributed by atoms with Gasteiger partial charge in [0.25, 0.3) is 5.91 Å². The van der Waals surface area contributed by atoms with Crippen molar-refractivity contribution in [3.05, 3.63) is 34.9 Å². The molecular formula is C14H19NO3. The van der Waals surface area contributed by atoms with Crippen LogP contribution in [-0.2, 0) is 4.79 Å². The Bertz CT molecular complexity index is 462. The number of nitrogens with one attached hydrogen (secondary N) is 1. The second kappa shape index (κ2) is 5.21. The van der Waals surface area contributed by atoms with Crippen molar-refractivity contribution in [1.29, 1.82) is 0 Å². The third kappa shape index (κ3) is 3.09. The van der Waals surface area contributed by atoms with Crippen molar-refractivity contribution in [3.8, 4) is 0 Å². The Morgan fingerprint density at radius 3 is 2.11 bits per heavy atom. The van der Waals surface area contributed by atoms with Crippen LogP contribution in [0.3, 0.4) is 0 Å². The number of carbonyl (C=O) groups is 2. The molecule has 98 valence electrons. The van der Waals surface area contributed by atoms with Crippen LogP contribution in [-0.4, -0.2) is 22.5 Å². The van der Waals surface area contributed by atoms with Gasteiger partial charge >= 0.3 is 5.97 Å². The molecule has 0 aliphatic carbocycles. The van der Waals surface area contributed by atoms with Crippen LogP contribution in [0.1, 0.15) is 41.8 Å². The van der Waals surface area contributed by atoms with E-state index in [-0.39, 0.29) is 5.91 Å². The Morgan fingerprint density at radius 2 is 1.72 bits per heavy atom. The maximum absolute atomic E-state index is 12.1. The fourth-order valence-corrected chi connectivity index (χ4v) is 1.72. The molecule has 0 spiro atoms. The first-order valence-electron chi connectivity index (χ1n) is 5.92. The largest absolute Gasteiger partial charge is 0.480 e. The summed E-state index contributed by atoms with van der Waals surface area (Å²) in [5.74, 6) is -1.38. The van der Waals surface area contributed by atoms with E-state index in [2.05, 4.69) is 5.32 Å². The molecule has 0 saturated heterocycles. The number of hydrogen-bond donors (Lipinski definition) is 2. The third-order valence-corrected chi connectivity index (χ3v) is 3.05. The quantitative estimate of drug-likeness (QED) is 0.860. The summed E-state index contributed by atoms with van der Waals surface area (Å²) in [4.78, 5) is 23.2. The molecule has 0 fully saturated rings. The minimum Gasteiger partial charge on any atom is -0.480 e. The van der Waals surface area contributed by atoms with Gasteiger partial charge in [-0.3, -0.25) is 4.79 Å². The van der Waals surface area contributed by atoms with Crippen LogP contribution in [0.5, 0.6) is 0 Å². The van der Waals surface area contributed by atoms with Gasteiger partial charge in [-0.1, -0.05) is 24.1 Å². The lowest BCUT2D eigenvalue weighted by molar-refractivity contribution is -0.143. The number of aryl methyl sites for hydroxylation is 2. The molecule has 0 aliphatic heterocycles. The average Bonchev–Trinajstić information content (AvgIpc) is 2.27. The number of rotatable bonds is 4. The molecule has 0 aromatic heterocycles. The summed E-state index contributed by atoms with van der Waals surface area (Å²) >= 11 is 0. The Kier molecular flexibility index (Phi) is 4.11. The second-order valence-corrected chi connectivity index (χ2v) is 4.82. The number of carbonyl (C=O) groups excluding carboxylic acids is 1. The van der Waals surface area contributed by atoms with Crippen molar-refractivity contribution in [1.82, 2.24) is 5.32 Å². The number of hydrogen-bond acceptors (Lipinski definition) is 2. The lowest BCUT2D eigenvalue weighted by atomic mass is 9.98. The molecule has 2 N–H and O–H groups in total. The van der Waals surface area contributed by atoms with Gasteiger partial charge < -0.3 is 10.4 Å². The summed E-state index contributed by atoms with van der Waals surface area (Å²) in [6, 6.07) is 5.47. The number of carboxylic acid groups (broad SMARTS) is 1. The first-order chi connectivity index (χ1) is 8.28. The van der Waals surface area contributed by atoms with Crippen LogP contribution in [0.4, 0.5) is 0 Å². The normalized spacial score (nSPS) is 13.8. The fourth-order valence-electron chi connectivity index (χ4n) is 1.72. The molecule has 0 saturated carbocycles. The van der Waals surface area contributed by atoms with Crippen LogP contribution in [0.25, 0.3) is 0 Å². The lowest BCUT2D eigenvalue weighted by Crippen LogP contribution is -2.51. The Hall–Kier alpha value is -1.84. The van der Waals surface area contributed by atoms with Crippen LogP contribution >= 0.6 is 0 Å². The number of carboxylic acids is 1. The maximum Gasteiger partial charge on any atom is 0.329 e. The van der Waals surface area contributed by atoms with Gasteiger partial charge in [0.2, 0.25) is 0 Å². The molecule has 0 bridgehead atoms. The molecule has 1 amide bonds. The van der Waals surface area contributed by atoms with Crippen LogP contribution in [0.2, 0.25) is 0 Å². The monoisotopic (exact) mass is 249 g/mol. The maximum atomic E-state index is 12.1. The minimum absolute atomic E-state index is 0.332. The molecule has 1 aromatic rings. The van der Waals surface area contributed by atoms with E-state index in [0.29, 0.717) is 12.0 Å². The van der Waals surface area contributed by atoms with E-state index in [1.165, 1.54) is 6.92 Å². The van der Waals surface area contributed by atoms with Gasteiger partial charge in [-0.15, -0.1) is 0 Å². The van der Waals surface area contributed by atoms with Crippen molar-refractivity contribution >= 4 is 11.9 Å². The highest BCUT2D eigenvalue weighted by Crippen LogP contribution is 2.13. The van der Waals surface area contributed by atoms with Gasteiger partial charge in [0.15, 0.2) is 0 Å². The summed E-state index contributed by atoms with van der Waals surface area (Å²) in [6.45, 7) is 7.05. The summed E-state index contributed by atoms with van der Waals surface area (Å²) in [5.41, 5.74) is 1.23. The molecule has 1 unspecified atom stereocenters. The van der Waals surface area contributed by atoms with Crippen molar-refractivity contribution in [2.24, 2.45) is 0 Å². The lowest BCUT2D eigenvalue weighted by Gasteiger charge is -2.24. The Balaban J connectivity index is 2.98. The summed E-state index contributed by atoms with van der Waals surface area (Å²) in [6.07, 6.45) is 0.332. The van der Waals surface area contributed by atoms with Crippen LogP contribution in [0, 0.1) is 13.8 Å². The van der Waals surface area contributed by atoms with Gasteiger partial charge in [-0.05, 0) is 39.3 Å². The number of amides is 1. The molecule has 4 nitrogen and oxygen atoms in total. The molecule has 1 rings (SSSR count). The van der Waals surface area contributed by atoms with Crippen molar-refractivity contribution < 1.29 is 14.7 Å². The molecule has 1 atom stereocenters. The first kappa shape index (κ1) is 14.2. The van der Waals surface area contributed by atoms with Crippen molar-refractivity contribution in [2.75, 3.05) is 0 Å². The van der Waals surface area contributed by atoms with E-state index < -0.39 is 11.5 Å². The zero-order valence-electron chi connectivity index (χ0n) is 11.2. The van der Waals surface area contributed by atoms with Crippen molar-refractivity contribution in [3.63, 3.8) is 0 Å². The molecular weight excluding hydrogens is 230 g/mol. The van der Waals surface area contributed by atoms with Crippen molar-refractivity contribution in [2.45, 2.75) is 39.7 Å². The highest BCUT2D eigenvalue weighted by molar-refractivity contribution is 5.98.